The summed E-state index contributed by atoms with van der Waals surface area (Å²) in [6, 6.07) is 0. The molecule has 3 aromatic heterocycles. The number of hydrogen-bond acceptors (Lipinski definition) is 4. The number of imidazole rings is 1. The van der Waals surface area contributed by atoms with Crippen molar-refractivity contribution < 1.29 is 22.4 Å². The van der Waals surface area contributed by atoms with Gasteiger partial charge in [0, 0.05) is 22.7 Å². The molecule has 148 valence electrons. The largest absolute Gasteiger partial charge is 0.416 e. The smallest absolute Gasteiger partial charge is 0.312 e. The Labute approximate surface area is 164 Å². The predicted molar refractivity (Wildman–Crippen MR) is 97.8 cm³/mol. The van der Waals surface area contributed by atoms with Gasteiger partial charge in [-0.3, -0.25) is 14.9 Å². The van der Waals surface area contributed by atoms with Crippen molar-refractivity contribution in [1.82, 2.24) is 24.6 Å². The Bertz CT molecular complexity index is 1290. The van der Waals surface area contributed by atoms with E-state index in [1.165, 1.54) is 29.2 Å². The number of fused-ring (bicyclic) bond motifs is 2. The summed E-state index contributed by atoms with van der Waals surface area (Å²) in [5.74, 6) is -1.04. The number of benzene rings is 1. The monoisotopic (exact) mass is 424 g/mol. The maximum Gasteiger partial charge on any atom is 0.416 e. The van der Waals surface area contributed by atoms with Gasteiger partial charge in [0.2, 0.25) is 6.41 Å². The molecule has 0 saturated carbocycles. The van der Waals surface area contributed by atoms with Crippen molar-refractivity contribution in [2.45, 2.75) is 6.18 Å². The maximum atomic E-state index is 14.9. The van der Waals surface area contributed by atoms with Crippen molar-refractivity contribution in [2.75, 3.05) is 5.32 Å². The van der Waals surface area contributed by atoms with E-state index in [9.17, 15) is 22.4 Å². The number of carbonyl (C=O) groups is 1. The molecular formula is C17H9ClF4N6O. The summed E-state index contributed by atoms with van der Waals surface area (Å²) >= 11 is 6.12. The van der Waals surface area contributed by atoms with Crippen molar-refractivity contribution in [3.8, 4) is 11.3 Å². The van der Waals surface area contributed by atoms with Crippen LogP contribution in [0.15, 0.2) is 31.4 Å². The van der Waals surface area contributed by atoms with Crippen LogP contribution in [0.2, 0.25) is 5.02 Å². The second-order valence-electron chi connectivity index (χ2n) is 5.94. The molecule has 4 rings (SSSR count). The number of hydrogen-bond donors (Lipinski definition) is 2. The molecule has 3 heterocycles. The molecule has 0 radical (unpaired) electrons. The Kier molecular flexibility index (Phi) is 4.26. The van der Waals surface area contributed by atoms with Crippen LogP contribution in [-0.4, -0.2) is 37.2 Å². The fourth-order valence-corrected chi connectivity index (χ4v) is 3.24. The fourth-order valence-electron chi connectivity index (χ4n) is 2.95. The summed E-state index contributed by atoms with van der Waals surface area (Å²) in [5, 5.41) is 8.06. The molecule has 7 nitrogen and oxygen atoms in total. The van der Waals surface area contributed by atoms with Crippen LogP contribution in [-0.2, 0) is 4.79 Å². The number of nitrogens with one attached hydrogen (secondary N) is 2. The number of carbonyl (C=O) groups excluding carboxylic acids is 1. The lowest BCUT2D eigenvalue weighted by Gasteiger charge is -2.15. The van der Waals surface area contributed by atoms with Gasteiger partial charge in [0.25, 0.3) is 0 Å². The molecule has 1 aromatic carbocycles. The first kappa shape index (κ1) is 18.9. The van der Waals surface area contributed by atoms with Crippen LogP contribution in [0.4, 0.5) is 23.4 Å². The molecule has 0 saturated heterocycles. The Morgan fingerprint density at radius 2 is 2.07 bits per heavy atom. The highest BCUT2D eigenvalue weighted by atomic mass is 35.5. The zero-order valence-electron chi connectivity index (χ0n) is 14.2. The Morgan fingerprint density at radius 3 is 2.76 bits per heavy atom. The van der Waals surface area contributed by atoms with Crippen LogP contribution in [0, 0.1) is 5.82 Å². The van der Waals surface area contributed by atoms with Crippen molar-refractivity contribution in [2.24, 2.45) is 0 Å². The number of H-pyrrole nitrogens is 1. The Morgan fingerprint density at radius 1 is 1.31 bits per heavy atom. The van der Waals surface area contributed by atoms with E-state index < -0.39 is 28.2 Å². The zero-order valence-corrected chi connectivity index (χ0v) is 14.9. The molecule has 0 unspecified atom stereocenters. The van der Waals surface area contributed by atoms with Crippen LogP contribution in [0.3, 0.4) is 0 Å². The molecule has 0 aliphatic carbocycles. The minimum absolute atomic E-state index is 0.0483. The van der Waals surface area contributed by atoms with Crippen LogP contribution in [0.25, 0.3) is 33.4 Å². The molecule has 4 aromatic rings. The molecule has 0 fully saturated rings. The van der Waals surface area contributed by atoms with E-state index in [0.717, 1.165) is 0 Å². The minimum atomic E-state index is -4.86. The van der Waals surface area contributed by atoms with Crippen molar-refractivity contribution >= 4 is 46.0 Å². The molecule has 0 aliphatic rings. The number of halogens is 5. The quantitative estimate of drug-likeness (QED) is 0.379. The first-order valence-electron chi connectivity index (χ1n) is 7.88. The average molecular weight is 425 g/mol. The molecule has 0 bridgehead atoms. The lowest BCUT2D eigenvalue weighted by molar-refractivity contribution is -0.105. The van der Waals surface area contributed by atoms with Crippen molar-refractivity contribution in [1.29, 1.82) is 0 Å². The van der Waals surface area contributed by atoms with Gasteiger partial charge in [0.05, 0.1) is 40.4 Å². The van der Waals surface area contributed by atoms with E-state index in [1.54, 1.807) is 0 Å². The van der Waals surface area contributed by atoms with Gasteiger partial charge < -0.3 is 9.72 Å². The first-order chi connectivity index (χ1) is 13.7. The molecular weight excluding hydrogens is 416 g/mol. The van der Waals surface area contributed by atoms with Crippen molar-refractivity contribution in [3.63, 3.8) is 0 Å². The predicted octanol–water partition coefficient (Wildman–Crippen LogP) is 4.21. The van der Waals surface area contributed by atoms with E-state index in [4.69, 9.17) is 11.6 Å². The average Bonchev–Trinajstić information content (AvgIpc) is 3.28. The normalized spacial score (nSPS) is 11.9. The van der Waals surface area contributed by atoms with Crippen molar-refractivity contribution in [3.05, 3.63) is 47.8 Å². The number of allylic oxidation sites excluding steroid dienone is 1. The molecule has 2 N–H and O–H groups in total. The van der Waals surface area contributed by atoms with Crippen LogP contribution in [0.5, 0.6) is 0 Å². The van der Waals surface area contributed by atoms with Gasteiger partial charge in [-0.1, -0.05) is 18.2 Å². The van der Waals surface area contributed by atoms with Gasteiger partial charge in [-0.2, -0.15) is 18.3 Å². The third kappa shape index (κ3) is 2.99. The SMILES string of the molecule is C=C(c1c(F)c(Cl)c(-c2cn3cc(NC=O)nc3cn2)c2cn[nH]c12)C(F)(F)F. The van der Waals surface area contributed by atoms with E-state index in [-0.39, 0.29) is 28.0 Å². The first-order valence-corrected chi connectivity index (χ1v) is 8.26. The number of anilines is 1. The fraction of sp³-hybridized carbons (Fsp3) is 0.0588. The third-order valence-corrected chi connectivity index (χ3v) is 4.59. The number of aromatic nitrogens is 5. The number of aromatic amines is 1. The van der Waals surface area contributed by atoms with Gasteiger partial charge in [-0.05, 0) is 0 Å². The minimum Gasteiger partial charge on any atom is -0.312 e. The van der Waals surface area contributed by atoms with E-state index in [0.29, 0.717) is 12.1 Å². The number of alkyl halides is 3. The van der Waals surface area contributed by atoms with Gasteiger partial charge in [-0.15, -0.1) is 0 Å². The second kappa shape index (κ2) is 6.55. The van der Waals surface area contributed by atoms with Crippen LogP contribution < -0.4 is 5.32 Å². The van der Waals surface area contributed by atoms with Crippen LogP contribution in [0.1, 0.15) is 5.56 Å². The highest BCUT2D eigenvalue weighted by Gasteiger charge is 2.37. The summed E-state index contributed by atoms with van der Waals surface area (Å²) in [4.78, 5) is 18.8. The standard InChI is InChI=1S/C17H9ClF4N6O/c1-7(17(20,21)22)12-15(19)14(18)13(8-2-25-27-16(8)12)9-4-28-5-10(24-6-29)26-11(28)3-23-9/h2-6H,1H2,(H,24,29)(H,25,27). The number of nitrogens with zero attached hydrogens (tertiary/aromatic N) is 4. The number of rotatable bonds is 4. The molecule has 12 heteroatoms. The summed E-state index contributed by atoms with van der Waals surface area (Å²) in [7, 11) is 0. The van der Waals surface area contributed by atoms with E-state index >= 15 is 0 Å². The molecule has 0 spiro atoms. The Balaban J connectivity index is 1.97. The van der Waals surface area contributed by atoms with Gasteiger partial charge in [0.15, 0.2) is 17.3 Å². The molecule has 0 aliphatic heterocycles. The molecule has 29 heavy (non-hydrogen) atoms. The highest BCUT2D eigenvalue weighted by molar-refractivity contribution is 6.35. The molecule has 1 amide bonds. The van der Waals surface area contributed by atoms with Gasteiger partial charge >= 0.3 is 6.18 Å². The lowest BCUT2D eigenvalue weighted by Crippen LogP contribution is -2.12. The third-order valence-electron chi connectivity index (χ3n) is 4.24. The van der Waals surface area contributed by atoms with Crippen LogP contribution >= 0.6 is 11.6 Å². The van der Waals surface area contributed by atoms with Gasteiger partial charge in [0.1, 0.15) is 0 Å². The van der Waals surface area contributed by atoms with E-state index in [2.05, 4.69) is 32.1 Å². The Hall–Kier alpha value is -3.47. The molecule has 0 atom stereocenters. The maximum absolute atomic E-state index is 14.9. The van der Waals surface area contributed by atoms with E-state index in [1.807, 2.05) is 0 Å². The summed E-state index contributed by atoms with van der Waals surface area (Å²) in [6.07, 6.45) is 1.08. The topological polar surface area (TPSA) is 88.0 Å². The summed E-state index contributed by atoms with van der Waals surface area (Å²) in [5.41, 5.74) is -1.82. The summed E-state index contributed by atoms with van der Waals surface area (Å²) in [6.45, 7) is 2.96. The summed E-state index contributed by atoms with van der Waals surface area (Å²) < 4.78 is 55.9. The lowest BCUT2D eigenvalue weighted by atomic mass is 9.98. The second-order valence-corrected chi connectivity index (χ2v) is 6.32. The number of amides is 1. The zero-order chi connectivity index (χ0) is 20.9. The van der Waals surface area contributed by atoms with Gasteiger partial charge in [-0.25, -0.2) is 9.37 Å². The highest BCUT2D eigenvalue weighted by Crippen LogP contribution is 2.43.